The highest BCUT2D eigenvalue weighted by Gasteiger charge is 2.46. The van der Waals surface area contributed by atoms with Gasteiger partial charge in [-0.2, -0.15) is 17.5 Å². The first-order valence-corrected chi connectivity index (χ1v) is 12.7. The van der Waals surface area contributed by atoms with Crippen LogP contribution in [0, 0.1) is 17.6 Å². The van der Waals surface area contributed by atoms with Crippen molar-refractivity contribution in [3.8, 4) is 11.1 Å². The van der Waals surface area contributed by atoms with Gasteiger partial charge in [-0.25, -0.2) is 35.9 Å². The van der Waals surface area contributed by atoms with E-state index in [2.05, 4.69) is 15.3 Å². The predicted octanol–water partition coefficient (Wildman–Crippen LogP) is 4.40. The van der Waals surface area contributed by atoms with E-state index in [0.29, 0.717) is 4.31 Å². The number of hydrogen-bond donors (Lipinski definition) is 1. The first-order chi connectivity index (χ1) is 18.3. The third kappa shape index (κ3) is 6.19. The van der Waals surface area contributed by atoms with E-state index in [4.69, 9.17) is 0 Å². The van der Waals surface area contributed by atoms with Gasteiger partial charge in [0.25, 0.3) is 0 Å². The number of hydrogen-bond acceptors (Lipinski definition) is 5. The second-order valence-electron chi connectivity index (χ2n) is 8.70. The Labute approximate surface area is 217 Å². The van der Waals surface area contributed by atoms with Crippen LogP contribution in [0.2, 0.25) is 0 Å². The van der Waals surface area contributed by atoms with Crippen LogP contribution in [0.25, 0.3) is 11.1 Å². The van der Waals surface area contributed by atoms with Crippen molar-refractivity contribution < 1.29 is 43.9 Å². The van der Waals surface area contributed by atoms with Crippen LogP contribution in [0.5, 0.6) is 0 Å². The number of nitrogens with zero attached hydrogens (tertiary/aromatic N) is 3. The summed E-state index contributed by atoms with van der Waals surface area (Å²) in [5.74, 6) is -5.24. The number of sulfonamides is 1. The minimum Gasteiger partial charge on any atom is -0.351 e. The van der Waals surface area contributed by atoms with Crippen molar-refractivity contribution in [2.75, 3.05) is 6.54 Å². The summed E-state index contributed by atoms with van der Waals surface area (Å²) in [4.78, 5) is 19.0. The van der Waals surface area contributed by atoms with Crippen LogP contribution in [0.4, 0.5) is 30.7 Å². The Balaban J connectivity index is 1.53. The zero-order valence-corrected chi connectivity index (χ0v) is 20.5. The van der Waals surface area contributed by atoms with Crippen LogP contribution in [0.1, 0.15) is 17.8 Å². The predicted molar refractivity (Wildman–Crippen MR) is 122 cm³/mol. The van der Waals surface area contributed by atoms with Crippen LogP contribution in [-0.4, -0.2) is 47.6 Å². The van der Waals surface area contributed by atoms with Gasteiger partial charge in [0, 0.05) is 42.5 Å². The minimum absolute atomic E-state index is 0.0687. The van der Waals surface area contributed by atoms with Crippen LogP contribution >= 0.6 is 0 Å². The molecule has 1 amide bonds. The van der Waals surface area contributed by atoms with E-state index in [1.165, 1.54) is 12.1 Å². The largest absolute Gasteiger partial charge is 0.451 e. The molecule has 15 heteroatoms. The van der Waals surface area contributed by atoms with Crippen LogP contribution in [-0.2, 0) is 27.5 Å². The standard InChI is InChI=1S/C24H19F7N4O3S/c25-16-2-4-17(5-3-16)39(37,38)35-12-14(21(27)28)8-20(35)22(36)32-9-13-1-6-19(26)18(7-13)15-10-33-23(34-11-15)24(29,30)31/h1-7,10-11,14,20-21H,8-9,12H2,(H,32,36)/t14-,20+/m1/s1. The number of amides is 1. The monoisotopic (exact) mass is 576 g/mol. The van der Waals surface area contributed by atoms with Gasteiger partial charge in [0.1, 0.15) is 17.7 Å². The summed E-state index contributed by atoms with van der Waals surface area (Å²) < 4.78 is 120. The van der Waals surface area contributed by atoms with Crippen molar-refractivity contribution >= 4 is 15.9 Å². The molecule has 1 aromatic heterocycles. The molecule has 208 valence electrons. The van der Waals surface area contributed by atoms with Gasteiger partial charge in [0.05, 0.1) is 4.90 Å². The molecule has 1 N–H and O–H groups in total. The topological polar surface area (TPSA) is 92.3 Å². The van der Waals surface area contributed by atoms with Crippen LogP contribution in [0.15, 0.2) is 59.8 Å². The van der Waals surface area contributed by atoms with Gasteiger partial charge < -0.3 is 5.32 Å². The number of carbonyl (C=O) groups is 1. The molecule has 3 aromatic rings. The van der Waals surface area contributed by atoms with E-state index in [-0.39, 0.29) is 28.1 Å². The Morgan fingerprint density at radius 3 is 2.28 bits per heavy atom. The average molecular weight is 576 g/mol. The Morgan fingerprint density at radius 2 is 1.69 bits per heavy atom. The van der Waals surface area contributed by atoms with Gasteiger partial charge in [-0.1, -0.05) is 6.07 Å². The lowest BCUT2D eigenvalue weighted by Gasteiger charge is -2.23. The zero-order valence-electron chi connectivity index (χ0n) is 19.7. The van der Waals surface area contributed by atoms with Crippen molar-refractivity contribution in [2.45, 2.75) is 36.5 Å². The van der Waals surface area contributed by atoms with E-state index in [0.717, 1.165) is 42.7 Å². The number of nitrogens with one attached hydrogen (secondary N) is 1. The number of carbonyl (C=O) groups excluding carboxylic acids is 1. The van der Waals surface area contributed by atoms with Crippen molar-refractivity contribution in [2.24, 2.45) is 5.92 Å². The highest BCUT2D eigenvalue weighted by molar-refractivity contribution is 7.89. The summed E-state index contributed by atoms with van der Waals surface area (Å²) in [5, 5.41) is 2.44. The SMILES string of the molecule is O=C(NCc1ccc(F)c(-c2cnc(C(F)(F)F)nc2)c1)[C@@H]1C[C@@H](C(F)F)CN1S(=O)(=O)c1ccc(F)cc1. The van der Waals surface area contributed by atoms with Gasteiger partial charge >= 0.3 is 6.18 Å². The normalized spacial score (nSPS) is 18.5. The maximum absolute atomic E-state index is 14.4. The van der Waals surface area contributed by atoms with Gasteiger partial charge in [0.15, 0.2) is 0 Å². The Hall–Kier alpha value is -3.59. The fraction of sp³-hybridized carbons (Fsp3) is 0.292. The molecule has 0 unspecified atom stereocenters. The molecule has 0 radical (unpaired) electrons. The minimum atomic E-state index is -4.79. The van der Waals surface area contributed by atoms with Crippen LogP contribution in [0.3, 0.4) is 0 Å². The maximum atomic E-state index is 14.4. The molecule has 2 aromatic carbocycles. The molecule has 1 fully saturated rings. The quantitative estimate of drug-likeness (QED) is 0.421. The molecule has 1 aliphatic heterocycles. The van der Waals surface area contributed by atoms with Crippen LogP contribution < -0.4 is 5.32 Å². The van der Waals surface area contributed by atoms with E-state index in [9.17, 15) is 43.9 Å². The first kappa shape index (κ1) is 28.4. The lowest BCUT2D eigenvalue weighted by Crippen LogP contribution is -2.45. The zero-order chi connectivity index (χ0) is 28.5. The molecule has 1 aliphatic rings. The van der Waals surface area contributed by atoms with Crippen molar-refractivity contribution in [3.05, 3.63) is 77.9 Å². The van der Waals surface area contributed by atoms with E-state index >= 15 is 0 Å². The summed E-state index contributed by atoms with van der Waals surface area (Å²) in [7, 11) is -4.43. The summed E-state index contributed by atoms with van der Waals surface area (Å²) in [5.41, 5.74) is 0.0476. The molecule has 2 atom stereocenters. The highest BCUT2D eigenvalue weighted by Crippen LogP contribution is 2.33. The number of halogens is 7. The second kappa shape index (κ2) is 10.9. The Bertz CT molecular complexity index is 1450. The van der Waals surface area contributed by atoms with Crippen molar-refractivity contribution in [1.29, 1.82) is 0 Å². The molecule has 2 heterocycles. The molecule has 4 rings (SSSR count). The number of benzene rings is 2. The molecular formula is C24H19F7N4O3S. The van der Waals surface area contributed by atoms with E-state index in [1.54, 1.807) is 0 Å². The fourth-order valence-electron chi connectivity index (χ4n) is 4.09. The average Bonchev–Trinajstić information content (AvgIpc) is 3.35. The van der Waals surface area contributed by atoms with Gasteiger partial charge in [-0.05, 0) is 48.4 Å². The summed E-state index contributed by atoms with van der Waals surface area (Å²) in [6, 6.07) is 5.69. The Kier molecular flexibility index (Phi) is 7.93. The van der Waals surface area contributed by atoms with Gasteiger partial charge in [0.2, 0.25) is 28.2 Å². The van der Waals surface area contributed by atoms with Crippen molar-refractivity contribution in [3.63, 3.8) is 0 Å². The molecule has 39 heavy (non-hydrogen) atoms. The molecule has 0 spiro atoms. The molecular weight excluding hydrogens is 557 g/mol. The number of aromatic nitrogens is 2. The lowest BCUT2D eigenvalue weighted by atomic mass is 10.0. The summed E-state index contributed by atoms with van der Waals surface area (Å²) >= 11 is 0. The van der Waals surface area contributed by atoms with Gasteiger partial charge in [-0.15, -0.1) is 0 Å². The van der Waals surface area contributed by atoms with Crippen molar-refractivity contribution in [1.82, 2.24) is 19.6 Å². The van der Waals surface area contributed by atoms with E-state index < -0.39 is 70.9 Å². The third-order valence-corrected chi connectivity index (χ3v) is 7.97. The fourth-order valence-corrected chi connectivity index (χ4v) is 5.74. The maximum Gasteiger partial charge on any atom is 0.451 e. The number of rotatable bonds is 7. The second-order valence-corrected chi connectivity index (χ2v) is 10.6. The lowest BCUT2D eigenvalue weighted by molar-refractivity contribution is -0.145. The first-order valence-electron chi connectivity index (χ1n) is 11.3. The molecule has 0 bridgehead atoms. The highest BCUT2D eigenvalue weighted by atomic mass is 32.2. The third-order valence-electron chi connectivity index (χ3n) is 6.08. The molecule has 7 nitrogen and oxygen atoms in total. The smallest absolute Gasteiger partial charge is 0.351 e. The molecule has 0 aliphatic carbocycles. The summed E-state index contributed by atoms with van der Waals surface area (Å²) in [6.07, 6.45) is -6.58. The van der Waals surface area contributed by atoms with Gasteiger partial charge in [-0.3, -0.25) is 4.79 Å². The molecule has 0 saturated carbocycles. The molecule has 1 saturated heterocycles. The Morgan fingerprint density at radius 1 is 1.05 bits per heavy atom. The number of alkyl halides is 5. The summed E-state index contributed by atoms with van der Waals surface area (Å²) in [6.45, 7) is -0.919. The van der Waals surface area contributed by atoms with E-state index in [1.807, 2.05) is 0 Å².